The topological polar surface area (TPSA) is 42.0 Å². The molecule has 0 unspecified atom stereocenters. The van der Waals surface area contributed by atoms with Crippen molar-refractivity contribution >= 4 is 33.8 Å². The third-order valence-corrected chi connectivity index (χ3v) is 8.15. The Kier molecular flexibility index (Phi) is 14.1. The maximum absolute atomic E-state index is 13.5. The molecule has 0 bridgehead atoms. The van der Waals surface area contributed by atoms with E-state index < -0.39 is 0 Å². The van der Waals surface area contributed by atoms with Crippen LogP contribution >= 0.6 is 11.3 Å². The van der Waals surface area contributed by atoms with Gasteiger partial charge in [0.1, 0.15) is 0 Å². The Balaban J connectivity index is 0.000000315. The van der Waals surface area contributed by atoms with Crippen molar-refractivity contribution in [1.82, 2.24) is 4.98 Å². The van der Waals surface area contributed by atoms with E-state index in [1.54, 1.807) is 11.3 Å². The number of anilines is 1. The number of aromatic nitrogens is 1. The average molecular weight is 702 g/mol. The van der Waals surface area contributed by atoms with Gasteiger partial charge in [0.2, 0.25) is 0 Å². The van der Waals surface area contributed by atoms with Crippen LogP contribution in [-0.2, 0) is 26.2 Å². The van der Waals surface area contributed by atoms with Crippen LogP contribution in [0.4, 0.5) is 5.69 Å². The molecule has 0 aliphatic heterocycles. The maximum atomic E-state index is 13.5. The number of nitrogens with zero attached hydrogens (tertiary/aromatic N) is 1. The predicted molar refractivity (Wildman–Crippen MR) is 194 cm³/mol. The number of aryl methyl sites for hydroxylation is 1. The average Bonchev–Trinajstić information content (AvgIpc) is 3.48. The van der Waals surface area contributed by atoms with Crippen molar-refractivity contribution in [2.75, 3.05) is 5.32 Å². The Morgan fingerprint density at radius 3 is 1.72 bits per heavy atom. The van der Waals surface area contributed by atoms with Crippen molar-refractivity contribution in [1.29, 1.82) is 0 Å². The number of fused-ring (bicyclic) bond motifs is 1. The molecule has 6 aromatic rings. The van der Waals surface area contributed by atoms with Crippen molar-refractivity contribution in [3.8, 4) is 11.3 Å². The fourth-order valence-corrected chi connectivity index (χ4v) is 5.60. The first-order valence-electron chi connectivity index (χ1n) is 15.3. The summed E-state index contributed by atoms with van der Waals surface area (Å²) in [5.74, 6) is 0.507. The summed E-state index contributed by atoms with van der Waals surface area (Å²) in [5.41, 5.74) is 8.69. The molecule has 4 aromatic carbocycles. The first kappa shape index (κ1) is 36.6. The van der Waals surface area contributed by atoms with Crippen molar-refractivity contribution in [2.45, 2.75) is 46.5 Å². The van der Waals surface area contributed by atoms with Gasteiger partial charge in [0.25, 0.3) is 5.91 Å². The van der Waals surface area contributed by atoms with E-state index in [9.17, 15) is 4.79 Å². The molecule has 2 heterocycles. The first-order chi connectivity index (χ1) is 21.6. The van der Waals surface area contributed by atoms with E-state index >= 15 is 0 Å². The number of pyridine rings is 1. The largest absolute Gasteiger partial charge is 2.00 e. The molecule has 0 aliphatic carbocycles. The van der Waals surface area contributed by atoms with Crippen molar-refractivity contribution in [3.05, 3.63) is 167 Å². The van der Waals surface area contributed by atoms with Gasteiger partial charge in [-0.1, -0.05) is 76.2 Å². The molecule has 2 aromatic heterocycles. The number of hydrogen-bond acceptors (Lipinski definition) is 3. The number of carbonyl (C=O) groups excluding carboxylic acids is 1. The molecule has 6 rings (SSSR count). The van der Waals surface area contributed by atoms with Crippen LogP contribution in [0.2, 0.25) is 0 Å². The molecule has 0 saturated carbocycles. The van der Waals surface area contributed by atoms with E-state index in [0.29, 0.717) is 17.4 Å². The molecular weight excluding hydrogens is 660 g/mol. The molecule has 0 radical (unpaired) electrons. The Labute approximate surface area is 298 Å². The standard InChI is InChI=1S/C27H28N2OS.2C7H7.Zr/c1-16(2)21-9-7-10-22(17(3)4)26(21)29-27(30)23-11-6-8-19-12-13-24(28-25(19)23)20-14-18(5)31-15-20;2*1-7-5-3-2-4-6-7;/h6-17H,1-5H3,(H,29,30);2*2-6H,1H2;/q;2*-1;+2. The maximum Gasteiger partial charge on any atom is 2.00 e. The smallest absolute Gasteiger partial charge is 0.321 e. The van der Waals surface area contributed by atoms with Crippen LogP contribution in [0.15, 0.2) is 121 Å². The zero-order valence-electron chi connectivity index (χ0n) is 27.4. The number of carbonyl (C=O) groups is 1. The molecule has 5 heteroatoms. The van der Waals surface area contributed by atoms with Crippen LogP contribution in [0.1, 0.15) is 77.0 Å². The van der Waals surface area contributed by atoms with Gasteiger partial charge in [0.15, 0.2) is 0 Å². The SMILES string of the molecule is Cc1cc(-c2ccc3cccc(C(=O)Nc4c(C(C)C)cccc4C(C)C)c3n2)cs1.[CH2-]c1ccccc1.[CH2-]c1ccccc1.[Zr+2]. The summed E-state index contributed by atoms with van der Waals surface area (Å²) in [5, 5.41) is 6.31. The Morgan fingerprint density at radius 1 is 0.717 bits per heavy atom. The summed E-state index contributed by atoms with van der Waals surface area (Å²) >= 11 is 1.71. The van der Waals surface area contributed by atoms with Crippen LogP contribution in [0.5, 0.6) is 0 Å². The second-order valence-corrected chi connectivity index (χ2v) is 12.7. The van der Waals surface area contributed by atoms with Crippen LogP contribution in [-0.4, -0.2) is 10.9 Å². The van der Waals surface area contributed by atoms with E-state index in [0.717, 1.165) is 50.1 Å². The second kappa shape index (κ2) is 17.7. The summed E-state index contributed by atoms with van der Waals surface area (Å²) in [6, 6.07) is 38.0. The minimum atomic E-state index is -0.119. The molecule has 1 amide bonds. The van der Waals surface area contributed by atoms with Gasteiger partial charge in [-0.25, -0.2) is 4.98 Å². The normalized spacial score (nSPS) is 10.3. The fraction of sp³-hybridized carbons (Fsp3) is 0.171. The first-order valence-corrected chi connectivity index (χ1v) is 16.2. The molecule has 0 spiro atoms. The van der Waals surface area contributed by atoms with Gasteiger partial charge in [-0.3, -0.25) is 4.79 Å². The number of amides is 1. The molecule has 0 saturated heterocycles. The van der Waals surface area contributed by atoms with Crippen LogP contribution in [0.3, 0.4) is 0 Å². The van der Waals surface area contributed by atoms with Gasteiger partial charge >= 0.3 is 26.2 Å². The van der Waals surface area contributed by atoms with Gasteiger partial charge in [-0.05, 0) is 48.1 Å². The van der Waals surface area contributed by atoms with Crippen molar-refractivity contribution < 1.29 is 31.0 Å². The van der Waals surface area contributed by atoms with Gasteiger partial charge in [-0.2, -0.15) is 49.2 Å². The zero-order chi connectivity index (χ0) is 32.3. The summed E-state index contributed by atoms with van der Waals surface area (Å²) in [7, 11) is 0. The number of para-hydroxylation sites is 2. The summed E-state index contributed by atoms with van der Waals surface area (Å²) in [4.78, 5) is 19.6. The van der Waals surface area contributed by atoms with Gasteiger partial charge in [-0.15, -0.1) is 35.6 Å². The van der Waals surface area contributed by atoms with Gasteiger partial charge < -0.3 is 5.32 Å². The Bertz CT molecular complexity index is 1760. The van der Waals surface area contributed by atoms with Gasteiger partial charge in [0.05, 0.1) is 16.8 Å². The van der Waals surface area contributed by atoms with Crippen LogP contribution < -0.4 is 5.32 Å². The van der Waals surface area contributed by atoms with E-state index in [-0.39, 0.29) is 32.1 Å². The molecule has 1 N–H and O–H groups in total. The van der Waals surface area contributed by atoms with E-state index in [4.69, 9.17) is 4.98 Å². The van der Waals surface area contributed by atoms with E-state index in [2.05, 4.69) is 83.4 Å². The molecule has 0 atom stereocenters. The Hall–Kier alpha value is -3.92. The molecule has 46 heavy (non-hydrogen) atoms. The predicted octanol–water partition coefficient (Wildman–Crippen LogP) is 11.5. The molecule has 3 nitrogen and oxygen atoms in total. The van der Waals surface area contributed by atoms with Crippen LogP contribution in [0.25, 0.3) is 22.2 Å². The summed E-state index contributed by atoms with van der Waals surface area (Å²) in [6.45, 7) is 18.2. The number of nitrogens with one attached hydrogen (secondary N) is 1. The quantitative estimate of drug-likeness (QED) is 0.182. The summed E-state index contributed by atoms with van der Waals surface area (Å²) in [6.07, 6.45) is 0. The number of benzene rings is 4. The monoisotopic (exact) mass is 700 g/mol. The van der Waals surface area contributed by atoms with Crippen molar-refractivity contribution in [2.24, 2.45) is 0 Å². The molecule has 0 fully saturated rings. The number of thiophene rings is 1. The van der Waals surface area contributed by atoms with Crippen molar-refractivity contribution in [3.63, 3.8) is 0 Å². The second-order valence-electron chi connectivity index (χ2n) is 11.6. The molecular formula is C41H42N2OSZr. The zero-order valence-corrected chi connectivity index (χ0v) is 30.7. The van der Waals surface area contributed by atoms with E-state index in [1.165, 1.54) is 4.88 Å². The minimum absolute atomic E-state index is 0. The third-order valence-electron chi connectivity index (χ3n) is 7.29. The number of rotatable bonds is 5. The number of hydrogen-bond donors (Lipinski definition) is 1. The minimum Gasteiger partial charge on any atom is -0.321 e. The van der Waals surface area contributed by atoms with E-state index in [1.807, 2.05) is 91.0 Å². The fourth-order valence-electron chi connectivity index (χ4n) is 4.90. The molecule has 0 aliphatic rings. The molecule has 232 valence electrons. The van der Waals surface area contributed by atoms with Gasteiger partial charge in [0, 0.05) is 26.9 Å². The summed E-state index contributed by atoms with van der Waals surface area (Å²) < 4.78 is 0. The Morgan fingerprint density at radius 2 is 1.26 bits per heavy atom. The van der Waals surface area contributed by atoms with Crippen LogP contribution in [0, 0.1) is 20.8 Å². The third kappa shape index (κ3) is 10.0.